The van der Waals surface area contributed by atoms with Crippen molar-refractivity contribution in [3.63, 3.8) is 0 Å². The quantitative estimate of drug-likeness (QED) is 0.781. The number of benzene rings is 2. The van der Waals surface area contributed by atoms with Crippen molar-refractivity contribution in [1.82, 2.24) is 4.31 Å². The molecule has 27 heavy (non-hydrogen) atoms. The predicted octanol–water partition coefficient (Wildman–Crippen LogP) is 2.09. The van der Waals surface area contributed by atoms with Gasteiger partial charge in [-0.3, -0.25) is 0 Å². The van der Waals surface area contributed by atoms with Gasteiger partial charge in [-0.1, -0.05) is 6.07 Å². The number of nitriles is 1. The van der Waals surface area contributed by atoms with E-state index in [2.05, 4.69) is 11.0 Å². The Morgan fingerprint density at radius 1 is 0.963 bits per heavy atom. The summed E-state index contributed by atoms with van der Waals surface area (Å²) in [5, 5.41) is 9.04. The predicted molar refractivity (Wildman–Crippen MR) is 102 cm³/mol. The standard InChI is InChI=1S/C19H21N3O4S/c1-25-18-7-6-17(13-19(18)26-2)27(23,24)22-10-8-21(9-11-22)16-5-3-4-15(12-16)14-20/h3-7,12-13H,8-11H2,1-2H3. The van der Waals surface area contributed by atoms with Gasteiger partial charge in [-0.2, -0.15) is 9.57 Å². The molecule has 0 aliphatic carbocycles. The molecule has 1 aliphatic rings. The Bertz CT molecular complexity index is 961. The highest BCUT2D eigenvalue weighted by Crippen LogP contribution is 2.31. The second-order valence-electron chi connectivity index (χ2n) is 6.07. The van der Waals surface area contributed by atoms with E-state index in [1.54, 1.807) is 12.1 Å². The Kier molecular flexibility index (Phi) is 5.54. The zero-order chi connectivity index (χ0) is 19.4. The molecule has 0 bridgehead atoms. The van der Waals surface area contributed by atoms with Crippen molar-refractivity contribution >= 4 is 15.7 Å². The lowest BCUT2D eigenvalue weighted by Gasteiger charge is -2.35. The van der Waals surface area contributed by atoms with Crippen LogP contribution in [0, 0.1) is 11.3 Å². The summed E-state index contributed by atoms with van der Waals surface area (Å²) in [6, 6.07) is 14.1. The maximum absolute atomic E-state index is 13.0. The zero-order valence-electron chi connectivity index (χ0n) is 15.3. The van der Waals surface area contributed by atoms with Gasteiger partial charge in [0.15, 0.2) is 11.5 Å². The normalized spacial score (nSPS) is 15.2. The number of sulfonamides is 1. The monoisotopic (exact) mass is 387 g/mol. The summed E-state index contributed by atoms with van der Waals surface area (Å²) in [4.78, 5) is 2.27. The topological polar surface area (TPSA) is 82.9 Å². The Hall–Kier alpha value is -2.76. The van der Waals surface area contributed by atoms with E-state index in [4.69, 9.17) is 14.7 Å². The third-order valence-corrected chi connectivity index (χ3v) is 6.47. The van der Waals surface area contributed by atoms with Crippen molar-refractivity contribution < 1.29 is 17.9 Å². The Morgan fingerprint density at radius 2 is 1.67 bits per heavy atom. The van der Waals surface area contributed by atoms with E-state index in [-0.39, 0.29) is 4.90 Å². The van der Waals surface area contributed by atoms with Crippen molar-refractivity contribution in [2.45, 2.75) is 4.90 Å². The molecule has 2 aromatic rings. The Morgan fingerprint density at radius 3 is 2.30 bits per heavy atom. The van der Waals surface area contributed by atoms with E-state index in [1.165, 1.54) is 30.7 Å². The largest absolute Gasteiger partial charge is 0.493 e. The number of ether oxygens (including phenoxy) is 2. The molecule has 1 fully saturated rings. The summed E-state index contributed by atoms with van der Waals surface area (Å²) in [5.74, 6) is 0.865. The molecule has 0 aromatic heterocycles. The van der Waals surface area contributed by atoms with Crippen LogP contribution in [0.15, 0.2) is 47.4 Å². The van der Waals surface area contributed by atoms with Gasteiger partial charge >= 0.3 is 0 Å². The fourth-order valence-corrected chi connectivity index (χ4v) is 4.52. The van der Waals surface area contributed by atoms with Crippen LogP contribution in [0.2, 0.25) is 0 Å². The zero-order valence-corrected chi connectivity index (χ0v) is 16.1. The van der Waals surface area contributed by atoms with Gasteiger partial charge in [0, 0.05) is 37.9 Å². The van der Waals surface area contributed by atoms with E-state index in [0.29, 0.717) is 43.2 Å². The van der Waals surface area contributed by atoms with E-state index in [0.717, 1.165) is 5.69 Å². The molecule has 1 heterocycles. The Labute approximate surface area is 159 Å². The van der Waals surface area contributed by atoms with Crippen LogP contribution in [-0.4, -0.2) is 53.1 Å². The van der Waals surface area contributed by atoms with Crippen molar-refractivity contribution in [3.05, 3.63) is 48.0 Å². The molecule has 0 radical (unpaired) electrons. The number of anilines is 1. The number of rotatable bonds is 5. The number of hydrogen-bond acceptors (Lipinski definition) is 6. The number of hydrogen-bond donors (Lipinski definition) is 0. The molecule has 142 valence electrons. The maximum atomic E-state index is 13.0. The van der Waals surface area contributed by atoms with Crippen molar-refractivity contribution in [2.75, 3.05) is 45.3 Å². The van der Waals surface area contributed by atoms with E-state index < -0.39 is 10.0 Å². The molecule has 0 unspecified atom stereocenters. The van der Waals surface area contributed by atoms with Crippen molar-refractivity contribution in [1.29, 1.82) is 5.26 Å². The van der Waals surface area contributed by atoms with Gasteiger partial charge in [0.05, 0.1) is 30.7 Å². The van der Waals surface area contributed by atoms with Gasteiger partial charge in [0.2, 0.25) is 10.0 Å². The molecule has 1 saturated heterocycles. The number of piperazine rings is 1. The third-order valence-electron chi connectivity index (χ3n) is 4.57. The fraction of sp³-hybridized carbons (Fsp3) is 0.316. The molecule has 0 saturated carbocycles. The molecule has 0 atom stereocenters. The average Bonchev–Trinajstić information content (AvgIpc) is 2.73. The summed E-state index contributed by atoms with van der Waals surface area (Å²) >= 11 is 0. The highest BCUT2D eigenvalue weighted by Gasteiger charge is 2.29. The van der Waals surface area contributed by atoms with Crippen LogP contribution in [0.1, 0.15) is 5.56 Å². The van der Waals surface area contributed by atoms with Gasteiger partial charge in [0.25, 0.3) is 0 Å². The highest BCUT2D eigenvalue weighted by atomic mass is 32.2. The first-order chi connectivity index (χ1) is 13.0. The molecule has 0 amide bonds. The van der Waals surface area contributed by atoms with Crippen LogP contribution in [0.5, 0.6) is 11.5 Å². The lowest BCUT2D eigenvalue weighted by Crippen LogP contribution is -2.48. The summed E-state index contributed by atoms with van der Waals surface area (Å²) in [6.45, 7) is 1.85. The SMILES string of the molecule is COc1ccc(S(=O)(=O)N2CCN(c3cccc(C#N)c3)CC2)cc1OC. The average molecular weight is 387 g/mol. The highest BCUT2D eigenvalue weighted by molar-refractivity contribution is 7.89. The first-order valence-corrected chi connectivity index (χ1v) is 9.91. The first kappa shape index (κ1) is 19.0. The second-order valence-corrected chi connectivity index (χ2v) is 8.01. The van der Waals surface area contributed by atoms with Crippen LogP contribution < -0.4 is 14.4 Å². The summed E-state index contributed by atoms with van der Waals surface area (Å²) in [5.41, 5.74) is 1.52. The van der Waals surface area contributed by atoms with Gasteiger partial charge in [-0.15, -0.1) is 0 Å². The van der Waals surface area contributed by atoms with E-state index in [9.17, 15) is 8.42 Å². The molecule has 2 aromatic carbocycles. The molecular formula is C19H21N3O4S. The van der Waals surface area contributed by atoms with Crippen molar-refractivity contribution in [2.24, 2.45) is 0 Å². The van der Waals surface area contributed by atoms with Crippen molar-refractivity contribution in [3.8, 4) is 17.6 Å². The van der Waals surface area contributed by atoms with Crippen LogP contribution in [0.3, 0.4) is 0 Å². The van der Waals surface area contributed by atoms with Crippen LogP contribution in [0.25, 0.3) is 0 Å². The smallest absolute Gasteiger partial charge is 0.243 e. The minimum absolute atomic E-state index is 0.181. The van der Waals surface area contributed by atoms with Gasteiger partial charge in [-0.25, -0.2) is 8.42 Å². The molecule has 7 nitrogen and oxygen atoms in total. The fourth-order valence-electron chi connectivity index (χ4n) is 3.08. The van der Waals surface area contributed by atoms with E-state index in [1.807, 2.05) is 18.2 Å². The number of methoxy groups -OCH3 is 2. The first-order valence-electron chi connectivity index (χ1n) is 8.47. The molecule has 8 heteroatoms. The Balaban J connectivity index is 1.76. The third kappa shape index (κ3) is 3.84. The van der Waals surface area contributed by atoms with Crippen LogP contribution in [-0.2, 0) is 10.0 Å². The minimum Gasteiger partial charge on any atom is -0.493 e. The summed E-state index contributed by atoms with van der Waals surface area (Å²) in [6.07, 6.45) is 0. The van der Waals surface area contributed by atoms with E-state index >= 15 is 0 Å². The maximum Gasteiger partial charge on any atom is 0.243 e. The van der Waals surface area contributed by atoms with Gasteiger partial charge < -0.3 is 14.4 Å². The lowest BCUT2D eigenvalue weighted by atomic mass is 10.2. The van der Waals surface area contributed by atoms with Gasteiger partial charge in [0.1, 0.15) is 0 Å². The van der Waals surface area contributed by atoms with Crippen LogP contribution >= 0.6 is 0 Å². The summed E-state index contributed by atoms with van der Waals surface area (Å²) < 4.78 is 37.8. The molecule has 1 aliphatic heterocycles. The molecule has 0 spiro atoms. The van der Waals surface area contributed by atoms with Crippen LogP contribution in [0.4, 0.5) is 5.69 Å². The van der Waals surface area contributed by atoms with Gasteiger partial charge in [-0.05, 0) is 30.3 Å². The second kappa shape index (κ2) is 7.86. The molecular weight excluding hydrogens is 366 g/mol. The lowest BCUT2D eigenvalue weighted by molar-refractivity contribution is 0.353. The molecule has 3 rings (SSSR count). The number of nitrogens with zero attached hydrogens (tertiary/aromatic N) is 3. The molecule has 0 N–H and O–H groups in total. The minimum atomic E-state index is -3.62. The summed E-state index contributed by atoms with van der Waals surface area (Å²) in [7, 11) is -0.638.